The van der Waals surface area contributed by atoms with Crippen molar-refractivity contribution in [2.24, 2.45) is 0 Å². The van der Waals surface area contributed by atoms with Crippen LogP contribution < -0.4 is 15.0 Å². The number of likely N-dealkylation sites (N-methyl/N-ethyl adjacent to an activating group) is 1. The van der Waals surface area contributed by atoms with Gasteiger partial charge in [-0.3, -0.25) is 4.98 Å². The smallest absolute Gasteiger partial charge is 0.165 e. The van der Waals surface area contributed by atoms with Gasteiger partial charge in [0.05, 0.1) is 39.8 Å². The van der Waals surface area contributed by atoms with Crippen molar-refractivity contribution in [1.82, 2.24) is 25.4 Å². The van der Waals surface area contributed by atoms with Crippen LogP contribution >= 0.6 is 11.6 Å². The van der Waals surface area contributed by atoms with Gasteiger partial charge in [-0.15, -0.1) is 0 Å². The maximum atomic E-state index is 15.2. The SMILES string of the molecule is CNC[C@@H](O)COc1ccc(F)c(-c2nc(-c3c(C)noc3C)c(C)c(N3Cc4cc(Cl)cnc4C3)n2)c1. The van der Waals surface area contributed by atoms with Crippen molar-refractivity contribution in [1.29, 1.82) is 0 Å². The van der Waals surface area contributed by atoms with E-state index in [0.29, 0.717) is 53.4 Å². The second-order valence-corrected chi connectivity index (χ2v) is 9.76. The van der Waals surface area contributed by atoms with E-state index in [1.165, 1.54) is 12.1 Å². The lowest BCUT2D eigenvalue weighted by atomic mass is 10.0. The average Bonchev–Trinajstić information content (AvgIpc) is 3.46. The first kappa shape index (κ1) is 26.0. The highest BCUT2D eigenvalue weighted by Gasteiger charge is 2.28. The predicted octanol–water partition coefficient (Wildman–Crippen LogP) is 4.39. The van der Waals surface area contributed by atoms with Gasteiger partial charge in [-0.05, 0) is 57.6 Å². The molecule has 1 aliphatic heterocycles. The summed E-state index contributed by atoms with van der Waals surface area (Å²) in [5, 5.41) is 17.6. The highest BCUT2D eigenvalue weighted by Crippen LogP contribution is 2.38. The number of aromatic nitrogens is 4. The minimum absolute atomic E-state index is 0.0534. The lowest BCUT2D eigenvalue weighted by molar-refractivity contribution is 0.108. The van der Waals surface area contributed by atoms with Gasteiger partial charge in [-0.1, -0.05) is 16.8 Å². The van der Waals surface area contributed by atoms with Crippen LogP contribution in [0.4, 0.5) is 10.2 Å². The molecule has 38 heavy (non-hydrogen) atoms. The molecule has 0 unspecified atom stereocenters. The van der Waals surface area contributed by atoms with Crippen molar-refractivity contribution < 1.29 is 18.8 Å². The number of rotatable bonds is 8. The van der Waals surface area contributed by atoms with Gasteiger partial charge in [-0.2, -0.15) is 0 Å². The highest BCUT2D eigenvalue weighted by atomic mass is 35.5. The number of anilines is 1. The molecule has 0 spiro atoms. The number of nitrogens with zero attached hydrogens (tertiary/aromatic N) is 5. The number of pyridine rings is 1. The van der Waals surface area contributed by atoms with Gasteiger partial charge in [-0.25, -0.2) is 14.4 Å². The van der Waals surface area contributed by atoms with Crippen LogP contribution in [0, 0.1) is 26.6 Å². The first-order valence-electron chi connectivity index (χ1n) is 12.2. The Bertz CT molecular complexity index is 1470. The van der Waals surface area contributed by atoms with Gasteiger partial charge in [0.25, 0.3) is 0 Å². The van der Waals surface area contributed by atoms with Crippen molar-refractivity contribution in [3.05, 3.63) is 69.6 Å². The summed E-state index contributed by atoms with van der Waals surface area (Å²) in [4.78, 5) is 16.2. The van der Waals surface area contributed by atoms with Gasteiger partial charge in [0.15, 0.2) is 5.82 Å². The van der Waals surface area contributed by atoms with Crippen LogP contribution in [0.5, 0.6) is 5.75 Å². The van der Waals surface area contributed by atoms with Crippen molar-refractivity contribution >= 4 is 17.4 Å². The molecule has 9 nitrogen and oxygen atoms in total. The molecule has 198 valence electrons. The van der Waals surface area contributed by atoms with Crippen molar-refractivity contribution in [3.63, 3.8) is 0 Å². The van der Waals surface area contributed by atoms with Crippen molar-refractivity contribution in [3.8, 4) is 28.4 Å². The van der Waals surface area contributed by atoms with Crippen LogP contribution in [0.25, 0.3) is 22.6 Å². The Balaban J connectivity index is 1.60. The van der Waals surface area contributed by atoms with Gasteiger partial charge in [0.1, 0.15) is 35.9 Å². The van der Waals surface area contributed by atoms with E-state index in [2.05, 4.69) is 20.4 Å². The standard InChI is InChI=1S/C27H28ClFN6O3/c1-14-25(24-15(2)34-38-16(24)3)32-26(21-8-20(5-6-22(21)29)37-13-19(36)10-30-4)33-27(14)35-11-17-7-18(28)9-31-23(17)12-35/h5-9,19,30,36H,10-13H2,1-4H3/t19-/m1/s1. The summed E-state index contributed by atoms with van der Waals surface area (Å²) >= 11 is 6.18. The Morgan fingerprint density at radius 3 is 2.76 bits per heavy atom. The number of hydrogen-bond donors (Lipinski definition) is 2. The van der Waals surface area contributed by atoms with E-state index >= 15 is 4.39 Å². The van der Waals surface area contributed by atoms with E-state index in [-0.39, 0.29) is 18.0 Å². The average molecular weight is 539 g/mol. The Morgan fingerprint density at radius 2 is 2.03 bits per heavy atom. The summed E-state index contributed by atoms with van der Waals surface area (Å²) in [6.45, 7) is 7.10. The highest BCUT2D eigenvalue weighted by molar-refractivity contribution is 6.30. The first-order chi connectivity index (χ1) is 18.2. The summed E-state index contributed by atoms with van der Waals surface area (Å²) in [5.74, 6) is 1.35. The molecule has 0 radical (unpaired) electrons. The monoisotopic (exact) mass is 538 g/mol. The lowest BCUT2D eigenvalue weighted by Gasteiger charge is -2.21. The Morgan fingerprint density at radius 1 is 1.21 bits per heavy atom. The molecule has 0 aliphatic carbocycles. The minimum Gasteiger partial charge on any atom is -0.491 e. The normalized spacial score (nSPS) is 13.6. The molecule has 0 bridgehead atoms. The first-order valence-corrected chi connectivity index (χ1v) is 12.6. The topological polar surface area (TPSA) is 109 Å². The number of halogens is 2. The third kappa shape index (κ3) is 5.07. The molecule has 1 aliphatic rings. The molecule has 1 aromatic carbocycles. The van der Waals surface area contributed by atoms with E-state index in [0.717, 1.165) is 22.4 Å². The second kappa shape index (κ2) is 10.6. The maximum absolute atomic E-state index is 15.2. The van der Waals surface area contributed by atoms with Crippen LogP contribution in [0.1, 0.15) is 28.3 Å². The number of nitrogens with one attached hydrogen (secondary N) is 1. The third-order valence-corrected chi connectivity index (χ3v) is 6.69. The molecular formula is C27H28ClFN6O3. The number of aryl methyl sites for hydroxylation is 2. The summed E-state index contributed by atoms with van der Waals surface area (Å²) in [5.41, 5.74) is 4.94. The Kier molecular flexibility index (Phi) is 7.29. The number of hydrogen-bond acceptors (Lipinski definition) is 9. The van der Waals surface area contributed by atoms with Gasteiger partial charge < -0.3 is 24.6 Å². The number of fused-ring (bicyclic) bond motifs is 1. The van der Waals surface area contributed by atoms with Crippen molar-refractivity contribution in [2.45, 2.75) is 40.0 Å². The van der Waals surface area contributed by atoms with E-state index in [1.54, 1.807) is 19.3 Å². The Labute approximate surface area is 224 Å². The largest absolute Gasteiger partial charge is 0.491 e. The number of aliphatic hydroxyl groups excluding tert-OH is 1. The maximum Gasteiger partial charge on any atom is 0.165 e. The number of ether oxygens (including phenoxy) is 1. The molecular weight excluding hydrogens is 511 g/mol. The number of aliphatic hydroxyl groups is 1. The van der Waals surface area contributed by atoms with Crippen LogP contribution in [0.3, 0.4) is 0 Å². The van der Waals surface area contributed by atoms with Gasteiger partial charge in [0.2, 0.25) is 0 Å². The van der Waals surface area contributed by atoms with E-state index < -0.39 is 11.9 Å². The number of benzene rings is 1. The summed E-state index contributed by atoms with van der Waals surface area (Å²) in [7, 11) is 1.74. The van der Waals surface area contributed by atoms with Crippen LogP contribution in [-0.4, -0.2) is 51.5 Å². The molecule has 11 heteroatoms. The fraction of sp³-hybridized carbons (Fsp3) is 0.333. The predicted molar refractivity (Wildman–Crippen MR) is 142 cm³/mol. The fourth-order valence-electron chi connectivity index (χ4n) is 4.63. The summed E-state index contributed by atoms with van der Waals surface area (Å²) in [6, 6.07) is 6.28. The van der Waals surface area contributed by atoms with Crippen molar-refractivity contribution in [2.75, 3.05) is 25.1 Å². The zero-order chi connectivity index (χ0) is 27.0. The molecule has 5 rings (SSSR count). The zero-order valence-electron chi connectivity index (χ0n) is 21.5. The molecule has 0 fully saturated rings. The van der Waals surface area contributed by atoms with Gasteiger partial charge >= 0.3 is 0 Å². The van der Waals surface area contributed by atoms with Crippen LogP contribution in [0.15, 0.2) is 35.0 Å². The molecule has 4 heterocycles. The molecule has 0 amide bonds. The van der Waals surface area contributed by atoms with Crippen LogP contribution in [0.2, 0.25) is 5.02 Å². The molecule has 3 aromatic heterocycles. The third-order valence-electron chi connectivity index (χ3n) is 6.48. The molecule has 1 atom stereocenters. The fourth-order valence-corrected chi connectivity index (χ4v) is 4.81. The minimum atomic E-state index is -0.708. The Hall–Kier alpha value is -3.60. The lowest BCUT2D eigenvalue weighted by Crippen LogP contribution is -2.29. The molecule has 2 N–H and O–H groups in total. The van der Waals surface area contributed by atoms with E-state index in [9.17, 15) is 5.11 Å². The summed E-state index contributed by atoms with van der Waals surface area (Å²) < 4.78 is 26.4. The molecule has 0 saturated carbocycles. The van der Waals surface area contributed by atoms with E-state index in [4.69, 9.17) is 30.8 Å². The molecule has 0 saturated heterocycles. The summed E-state index contributed by atoms with van der Waals surface area (Å²) in [6.07, 6.45) is 0.923. The zero-order valence-corrected chi connectivity index (χ0v) is 22.3. The van der Waals surface area contributed by atoms with Gasteiger partial charge in [0, 0.05) is 24.8 Å². The second-order valence-electron chi connectivity index (χ2n) is 9.32. The molecule has 4 aromatic rings. The van der Waals surface area contributed by atoms with E-state index in [1.807, 2.05) is 26.8 Å². The quantitative estimate of drug-likeness (QED) is 0.337. The van der Waals surface area contributed by atoms with Crippen LogP contribution in [-0.2, 0) is 13.1 Å².